The number of rotatable bonds is 0. The van der Waals surface area contributed by atoms with Crippen molar-refractivity contribution in [1.82, 2.24) is 0 Å². The van der Waals surface area contributed by atoms with Crippen LogP contribution in [0.1, 0.15) is 0 Å². The molecule has 0 aliphatic heterocycles. The molecule has 0 nitrogen and oxygen atoms in total. The summed E-state index contributed by atoms with van der Waals surface area (Å²) >= 11 is 0. The minimum atomic E-state index is 0.822. The molecule has 0 aliphatic carbocycles. The SMILES string of the molecule is Pc1ccccc1.[B]c1ccccc1. The summed E-state index contributed by atoms with van der Waals surface area (Å²) in [5, 5.41) is 1.24. The van der Waals surface area contributed by atoms with Crippen LogP contribution in [0.3, 0.4) is 0 Å². The van der Waals surface area contributed by atoms with Gasteiger partial charge in [0.15, 0.2) is 0 Å². The van der Waals surface area contributed by atoms with Crippen LogP contribution in [0.4, 0.5) is 0 Å². The fourth-order valence-electron chi connectivity index (χ4n) is 0.906. The topological polar surface area (TPSA) is 0 Å². The van der Waals surface area contributed by atoms with Gasteiger partial charge in [0, 0.05) is 0 Å². The molecule has 2 rings (SSSR count). The van der Waals surface area contributed by atoms with Crippen LogP contribution < -0.4 is 10.8 Å². The molecule has 14 heavy (non-hydrogen) atoms. The zero-order valence-corrected chi connectivity index (χ0v) is 9.08. The Bertz CT molecular complexity index is 308. The molecule has 1 unspecified atom stereocenters. The van der Waals surface area contributed by atoms with Crippen molar-refractivity contribution in [2.24, 2.45) is 0 Å². The van der Waals surface area contributed by atoms with Gasteiger partial charge in [-0.05, 0) is 5.30 Å². The Morgan fingerprint density at radius 2 is 1.14 bits per heavy atom. The molecule has 2 heteroatoms. The molecule has 2 aromatic rings. The van der Waals surface area contributed by atoms with Gasteiger partial charge in [0.1, 0.15) is 7.85 Å². The molecule has 0 aromatic heterocycles. The quantitative estimate of drug-likeness (QED) is 0.446. The van der Waals surface area contributed by atoms with Crippen LogP contribution in [0.2, 0.25) is 0 Å². The van der Waals surface area contributed by atoms with Gasteiger partial charge in [0.2, 0.25) is 0 Å². The summed E-state index contributed by atoms with van der Waals surface area (Å²) in [5.41, 5.74) is 0.822. The summed E-state index contributed by atoms with van der Waals surface area (Å²) in [6.07, 6.45) is 0. The lowest BCUT2D eigenvalue weighted by molar-refractivity contribution is 1.78. The first-order valence-corrected chi connectivity index (χ1v) is 4.98. The summed E-state index contributed by atoms with van der Waals surface area (Å²) in [4.78, 5) is 0. The molecule has 0 amide bonds. The fourth-order valence-corrected chi connectivity index (χ4v) is 1.13. The first-order valence-electron chi connectivity index (χ1n) is 4.40. The summed E-state index contributed by atoms with van der Waals surface area (Å²) in [5.74, 6) is 0. The van der Waals surface area contributed by atoms with E-state index in [1.807, 2.05) is 60.7 Å². The monoisotopic (exact) mass is 198 g/mol. The summed E-state index contributed by atoms with van der Waals surface area (Å²) in [7, 11) is 7.99. The largest absolute Gasteiger partial charge is 0.113 e. The van der Waals surface area contributed by atoms with Gasteiger partial charge >= 0.3 is 0 Å². The highest BCUT2D eigenvalue weighted by atomic mass is 31.0. The molecule has 2 radical (unpaired) electrons. The molecule has 0 fully saturated rings. The summed E-state index contributed by atoms with van der Waals surface area (Å²) in [6.45, 7) is 0. The van der Waals surface area contributed by atoms with E-state index in [-0.39, 0.29) is 0 Å². The van der Waals surface area contributed by atoms with Crippen molar-refractivity contribution in [3.63, 3.8) is 0 Å². The minimum Gasteiger partial charge on any atom is -0.106 e. The van der Waals surface area contributed by atoms with Gasteiger partial charge < -0.3 is 0 Å². The Kier molecular flexibility index (Phi) is 5.03. The molecule has 0 bridgehead atoms. The second-order valence-corrected chi connectivity index (χ2v) is 3.49. The number of hydrogen-bond acceptors (Lipinski definition) is 0. The summed E-state index contributed by atoms with van der Waals surface area (Å²) in [6, 6.07) is 19.6. The molecule has 68 valence electrons. The Labute approximate surface area is 89.0 Å². The average molecular weight is 198 g/mol. The van der Waals surface area contributed by atoms with Crippen LogP contribution in [0.15, 0.2) is 60.7 Å². The maximum Gasteiger partial charge on any atom is 0.113 e. The van der Waals surface area contributed by atoms with Crippen LogP contribution in [-0.2, 0) is 0 Å². The van der Waals surface area contributed by atoms with Crippen LogP contribution in [0, 0.1) is 0 Å². The molecule has 0 spiro atoms. The van der Waals surface area contributed by atoms with Crippen LogP contribution in [0.5, 0.6) is 0 Å². The van der Waals surface area contributed by atoms with Gasteiger partial charge in [0.25, 0.3) is 0 Å². The molecule has 0 N–H and O–H groups in total. The third kappa shape index (κ3) is 4.84. The molecular weight excluding hydrogens is 186 g/mol. The van der Waals surface area contributed by atoms with E-state index in [9.17, 15) is 0 Å². The van der Waals surface area contributed by atoms with Crippen molar-refractivity contribution in [1.29, 1.82) is 0 Å². The van der Waals surface area contributed by atoms with Gasteiger partial charge in [-0.1, -0.05) is 66.1 Å². The van der Waals surface area contributed by atoms with E-state index in [2.05, 4.69) is 9.24 Å². The van der Waals surface area contributed by atoms with E-state index in [1.165, 1.54) is 5.30 Å². The number of hydrogen-bond donors (Lipinski definition) is 0. The Morgan fingerprint density at radius 3 is 1.36 bits per heavy atom. The lowest BCUT2D eigenvalue weighted by Crippen LogP contribution is -1.97. The van der Waals surface area contributed by atoms with Crippen molar-refractivity contribution in [3.05, 3.63) is 60.7 Å². The lowest BCUT2D eigenvalue weighted by Gasteiger charge is -1.83. The Morgan fingerprint density at radius 1 is 0.714 bits per heavy atom. The molecule has 2 aromatic carbocycles. The van der Waals surface area contributed by atoms with E-state index in [0.717, 1.165) is 5.46 Å². The van der Waals surface area contributed by atoms with Gasteiger partial charge in [0.05, 0.1) is 0 Å². The van der Waals surface area contributed by atoms with Crippen molar-refractivity contribution < 1.29 is 0 Å². The molecular formula is C12H12BP. The van der Waals surface area contributed by atoms with Crippen molar-refractivity contribution >= 4 is 27.9 Å². The fraction of sp³-hybridized carbons (Fsp3) is 0. The second kappa shape index (κ2) is 6.40. The van der Waals surface area contributed by atoms with Gasteiger partial charge in [-0.2, -0.15) is 0 Å². The minimum absolute atomic E-state index is 0.822. The van der Waals surface area contributed by atoms with E-state index in [1.54, 1.807) is 0 Å². The maximum absolute atomic E-state index is 5.36. The van der Waals surface area contributed by atoms with E-state index in [0.29, 0.717) is 0 Å². The van der Waals surface area contributed by atoms with Gasteiger partial charge in [-0.25, -0.2) is 0 Å². The van der Waals surface area contributed by atoms with Crippen molar-refractivity contribution in [2.75, 3.05) is 0 Å². The maximum atomic E-state index is 5.36. The molecule has 0 heterocycles. The van der Waals surface area contributed by atoms with E-state index in [4.69, 9.17) is 7.85 Å². The zero-order valence-electron chi connectivity index (χ0n) is 7.93. The lowest BCUT2D eigenvalue weighted by atomic mass is 9.97. The highest BCUT2D eigenvalue weighted by molar-refractivity contribution is 7.27. The highest BCUT2D eigenvalue weighted by Crippen LogP contribution is 1.86. The van der Waals surface area contributed by atoms with Crippen LogP contribution in [0.25, 0.3) is 0 Å². The smallest absolute Gasteiger partial charge is 0.106 e. The molecule has 1 atom stereocenters. The third-order valence-corrected chi connectivity index (χ3v) is 1.98. The molecule has 0 saturated heterocycles. The van der Waals surface area contributed by atoms with Crippen LogP contribution >= 0.6 is 9.24 Å². The first-order chi connectivity index (χ1) is 6.79. The standard InChI is InChI=1S/C6H5B.C6H7P/c2*7-6-4-2-1-3-5-6/h1-5H;1-5H,7H2. The average Bonchev–Trinajstić information content (AvgIpc) is 2.21. The van der Waals surface area contributed by atoms with Crippen LogP contribution in [-0.4, -0.2) is 7.85 Å². The Hall–Kier alpha value is -1.07. The van der Waals surface area contributed by atoms with E-state index >= 15 is 0 Å². The predicted octanol–water partition coefficient (Wildman–Crippen LogP) is 1.67. The molecule has 0 saturated carbocycles. The molecule has 0 aliphatic rings. The Balaban J connectivity index is 0.000000140. The van der Waals surface area contributed by atoms with Gasteiger partial charge in [-0.15, -0.1) is 9.24 Å². The second-order valence-electron chi connectivity index (χ2n) is 2.82. The third-order valence-electron chi connectivity index (χ3n) is 1.60. The summed E-state index contributed by atoms with van der Waals surface area (Å²) < 4.78 is 0. The van der Waals surface area contributed by atoms with Crippen molar-refractivity contribution in [3.8, 4) is 0 Å². The van der Waals surface area contributed by atoms with Gasteiger partial charge in [-0.3, -0.25) is 0 Å². The number of benzene rings is 2. The first kappa shape index (κ1) is 11.0. The van der Waals surface area contributed by atoms with Crippen molar-refractivity contribution in [2.45, 2.75) is 0 Å². The highest BCUT2D eigenvalue weighted by Gasteiger charge is 1.72. The zero-order chi connectivity index (χ0) is 10.2. The predicted molar refractivity (Wildman–Crippen MR) is 67.6 cm³/mol. The van der Waals surface area contributed by atoms with E-state index < -0.39 is 0 Å². The normalized spacial score (nSPS) is 8.64.